The van der Waals surface area contributed by atoms with E-state index in [2.05, 4.69) is 23.5 Å². The molecule has 0 aromatic rings. The molecule has 0 aliphatic heterocycles. The van der Waals surface area contributed by atoms with Crippen molar-refractivity contribution >= 4 is 10.0 Å². The maximum Gasteiger partial charge on any atom is 0.227 e. The fraction of sp³-hybridized carbons (Fsp3) is 0.900. The first-order chi connectivity index (χ1) is 7.31. The van der Waals surface area contributed by atoms with Crippen molar-refractivity contribution < 1.29 is 8.42 Å². The molecule has 0 saturated carbocycles. The Hall–Kier alpha value is -0.640. The van der Waals surface area contributed by atoms with Crippen LogP contribution in [0.25, 0.3) is 0 Å². The van der Waals surface area contributed by atoms with Gasteiger partial charge in [-0.25, -0.2) is 13.1 Å². The number of hydrogen-bond acceptors (Lipinski definition) is 4. The standard InChI is InChI=1S/C10H21N3O2S/c1-9(2)13(4)7-5-6-12-16(14,15)10(3)8-11/h9-10,12H,5-7H2,1-4H3. The Morgan fingerprint density at radius 1 is 1.38 bits per heavy atom. The lowest BCUT2D eigenvalue weighted by atomic mass is 10.3. The zero-order valence-corrected chi connectivity index (χ0v) is 11.2. The molecule has 0 fully saturated rings. The van der Waals surface area contributed by atoms with Gasteiger partial charge in [0.05, 0.1) is 6.07 Å². The zero-order chi connectivity index (χ0) is 12.8. The summed E-state index contributed by atoms with van der Waals surface area (Å²) in [7, 11) is -1.46. The van der Waals surface area contributed by atoms with Crippen LogP contribution in [0.15, 0.2) is 0 Å². The third-order valence-corrected chi connectivity index (χ3v) is 4.16. The van der Waals surface area contributed by atoms with Gasteiger partial charge in [-0.05, 0) is 40.8 Å². The summed E-state index contributed by atoms with van der Waals surface area (Å²) >= 11 is 0. The fourth-order valence-corrected chi connectivity index (χ4v) is 1.81. The highest BCUT2D eigenvalue weighted by molar-refractivity contribution is 7.90. The van der Waals surface area contributed by atoms with E-state index >= 15 is 0 Å². The van der Waals surface area contributed by atoms with Gasteiger partial charge in [0.2, 0.25) is 10.0 Å². The van der Waals surface area contributed by atoms with Crippen LogP contribution in [0.3, 0.4) is 0 Å². The Morgan fingerprint density at radius 2 is 1.94 bits per heavy atom. The molecule has 1 unspecified atom stereocenters. The number of nitrogens with one attached hydrogen (secondary N) is 1. The van der Waals surface area contributed by atoms with E-state index in [0.717, 1.165) is 13.0 Å². The second kappa shape index (κ2) is 6.84. The molecule has 0 spiro atoms. The van der Waals surface area contributed by atoms with E-state index in [0.29, 0.717) is 12.6 Å². The predicted molar refractivity (Wildman–Crippen MR) is 64.4 cm³/mol. The topological polar surface area (TPSA) is 73.2 Å². The van der Waals surface area contributed by atoms with E-state index in [9.17, 15) is 8.42 Å². The Bertz CT molecular complexity index is 332. The SMILES string of the molecule is CC(C)N(C)CCCNS(=O)(=O)C(C)C#N. The Balaban J connectivity index is 3.89. The molecule has 0 rings (SSSR count). The van der Waals surface area contributed by atoms with E-state index in [1.165, 1.54) is 6.92 Å². The first-order valence-electron chi connectivity index (χ1n) is 5.39. The van der Waals surface area contributed by atoms with Crippen molar-refractivity contribution in [3.05, 3.63) is 0 Å². The summed E-state index contributed by atoms with van der Waals surface area (Å²) < 4.78 is 25.2. The molecule has 0 bridgehead atoms. The van der Waals surface area contributed by atoms with Crippen molar-refractivity contribution in [1.29, 1.82) is 5.26 Å². The summed E-state index contributed by atoms with van der Waals surface area (Å²) in [6, 6.07) is 2.17. The Morgan fingerprint density at radius 3 is 2.38 bits per heavy atom. The van der Waals surface area contributed by atoms with Crippen molar-refractivity contribution in [3.63, 3.8) is 0 Å². The number of sulfonamides is 1. The maximum absolute atomic E-state index is 11.4. The number of rotatable bonds is 7. The normalized spacial score (nSPS) is 14.1. The van der Waals surface area contributed by atoms with Crippen molar-refractivity contribution in [2.45, 2.75) is 38.5 Å². The molecule has 0 saturated heterocycles. The third-order valence-electron chi connectivity index (χ3n) is 2.52. The maximum atomic E-state index is 11.4. The molecular weight excluding hydrogens is 226 g/mol. The Kier molecular flexibility index (Phi) is 6.56. The van der Waals surface area contributed by atoms with Crippen LogP contribution in [-0.4, -0.2) is 44.7 Å². The van der Waals surface area contributed by atoms with Crippen LogP contribution in [0.4, 0.5) is 0 Å². The molecule has 0 amide bonds. The molecule has 94 valence electrons. The fourth-order valence-electron chi connectivity index (χ4n) is 0.995. The van der Waals surface area contributed by atoms with E-state index < -0.39 is 15.3 Å². The summed E-state index contributed by atoms with van der Waals surface area (Å²) in [6.45, 7) is 6.76. The highest BCUT2D eigenvalue weighted by Crippen LogP contribution is 1.98. The smallest absolute Gasteiger partial charge is 0.227 e. The zero-order valence-electron chi connectivity index (χ0n) is 10.4. The summed E-state index contributed by atoms with van der Waals surface area (Å²) in [5, 5.41) is 7.52. The van der Waals surface area contributed by atoms with E-state index in [4.69, 9.17) is 5.26 Å². The van der Waals surface area contributed by atoms with Gasteiger partial charge < -0.3 is 4.90 Å². The monoisotopic (exact) mass is 247 g/mol. The molecule has 1 N–H and O–H groups in total. The molecule has 0 aliphatic rings. The van der Waals surface area contributed by atoms with Crippen molar-refractivity contribution in [3.8, 4) is 6.07 Å². The van der Waals surface area contributed by atoms with Crippen LogP contribution in [0.2, 0.25) is 0 Å². The molecule has 0 heterocycles. The van der Waals surface area contributed by atoms with Gasteiger partial charge in [-0.1, -0.05) is 0 Å². The molecular formula is C10H21N3O2S. The average molecular weight is 247 g/mol. The highest BCUT2D eigenvalue weighted by Gasteiger charge is 2.18. The van der Waals surface area contributed by atoms with Gasteiger partial charge in [-0.2, -0.15) is 5.26 Å². The van der Waals surface area contributed by atoms with Crippen LogP contribution in [0.5, 0.6) is 0 Å². The van der Waals surface area contributed by atoms with Crippen molar-refractivity contribution in [1.82, 2.24) is 9.62 Å². The summed E-state index contributed by atoms with van der Waals surface area (Å²) in [4.78, 5) is 2.14. The van der Waals surface area contributed by atoms with E-state index in [-0.39, 0.29) is 0 Å². The third kappa shape index (κ3) is 5.45. The minimum Gasteiger partial charge on any atom is -0.304 e. The second-order valence-corrected chi connectivity index (χ2v) is 6.22. The predicted octanol–water partition coefficient (Wildman–Crippen LogP) is 0.548. The van der Waals surface area contributed by atoms with Crippen LogP contribution in [0.1, 0.15) is 27.2 Å². The van der Waals surface area contributed by atoms with Crippen molar-refractivity contribution in [2.24, 2.45) is 0 Å². The molecule has 6 heteroatoms. The van der Waals surface area contributed by atoms with Crippen molar-refractivity contribution in [2.75, 3.05) is 20.1 Å². The quantitative estimate of drug-likeness (QED) is 0.667. The number of nitriles is 1. The highest BCUT2D eigenvalue weighted by atomic mass is 32.2. The summed E-state index contributed by atoms with van der Waals surface area (Å²) in [5.74, 6) is 0. The number of nitrogens with zero attached hydrogens (tertiary/aromatic N) is 2. The van der Waals surface area contributed by atoms with Gasteiger partial charge >= 0.3 is 0 Å². The lowest BCUT2D eigenvalue weighted by Crippen LogP contribution is -2.34. The molecule has 0 aliphatic carbocycles. The lowest BCUT2D eigenvalue weighted by Gasteiger charge is -2.20. The summed E-state index contributed by atoms with van der Waals surface area (Å²) in [5.41, 5.74) is 0. The lowest BCUT2D eigenvalue weighted by molar-refractivity contribution is 0.271. The molecule has 16 heavy (non-hydrogen) atoms. The first-order valence-corrected chi connectivity index (χ1v) is 6.94. The minimum atomic E-state index is -3.46. The summed E-state index contributed by atoms with van der Waals surface area (Å²) in [6.07, 6.45) is 0.742. The van der Waals surface area contributed by atoms with Gasteiger partial charge in [0.15, 0.2) is 5.25 Å². The molecule has 5 nitrogen and oxygen atoms in total. The number of hydrogen-bond donors (Lipinski definition) is 1. The van der Waals surface area contributed by atoms with Gasteiger partial charge in [0.25, 0.3) is 0 Å². The second-order valence-electron chi connectivity index (χ2n) is 4.14. The van der Waals surface area contributed by atoms with Gasteiger partial charge in [0.1, 0.15) is 0 Å². The molecule has 0 radical (unpaired) electrons. The van der Waals surface area contributed by atoms with Crippen LogP contribution < -0.4 is 4.72 Å². The van der Waals surface area contributed by atoms with Crippen LogP contribution >= 0.6 is 0 Å². The van der Waals surface area contributed by atoms with E-state index in [1.807, 2.05) is 7.05 Å². The molecule has 1 atom stereocenters. The van der Waals surface area contributed by atoms with Crippen LogP contribution in [0, 0.1) is 11.3 Å². The van der Waals surface area contributed by atoms with Gasteiger partial charge in [-0.15, -0.1) is 0 Å². The first kappa shape index (κ1) is 15.4. The van der Waals surface area contributed by atoms with Gasteiger partial charge in [-0.3, -0.25) is 0 Å². The Labute approximate surface area is 98.5 Å². The van der Waals surface area contributed by atoms with Gasteiger partial charge in [0, 0.05) is 12.6 Å². The van der Waals surface area contributed by atoms with E-state index in [1.54, 1.807) is 6.07 Å². The largest absolute Gasteiger partial charge is 0.304 e. The minimum absolute atomic E-state index is 0.380. The van der Waals surface area contributed by atoms with Crippen LogP contribution in [-0.2, 0) is 10.0 Å². The molecule has 0 aromatic carbocycles. The molecule has 0 aromatic heterocycles. The average Bonchev–Trinajstić information content (AvgIpc) is 2.22.